The molecule has 0 saturated carbocycles. The number of aliphatic hydroxyl groups is 1. The highest BCUT2D eigenvalue weighted by atomic mass is 16.6. The van der Waals surface area contributed by atoms with E-state index in [0.29, 0.717) is 32.2 Å². The summed E-state index contributed by atoms with van der Waals surface area (Å²) in [6, 6.07) is 0.329. The summed E-state index contributed by atoms with van der Waals surface area (Å²) in [6.45, 7) is 10.00. The molecule has 0 bridgehead atoms. The Kier molecular flexibility index (Phi) is 13.3. The molecule has 8 atom stereocenters. The predicted octanol–water partition coefficient (Wildman–Crippen LogP) is 5.51. The Morgan fingerprint density at radius 3 is 2.67 bits per heavy atom. The Bertz CT molecular complexity index is 1150. The molecule has 5 rings (SSSR count). The molecule has 5 aliphatic rings. The quantitative estimate of drug-likeness (QED) is 0.0852. The van der Waals surface area contributed by atoms with Crippen LogP contribution in [0.5, 0.6) is 0 Å². The van der Waals surface area contributed by atoms with E-state index < -0.39 is 23.5 Å². The van der Waals surface area contributed by atoms with Gasteiger partial charge in [-0.05, 0) is 71.1 Å². The van der Waals surface area contributed by atoms with Gasteiger partial charge in [0, 0.05) is 38.8 Å². The maximum Gasteiger partial charge on any atom is 0.350 e. The van der Waals surface area contributed by atoms with Crippen molar-refractivity contribution in [3.8, 4) is 0 Å². The second-order valence-corrected chi connectivity index (χ2v) is 15.2. The van der Waals surface area contributed by atoms with E-state index >= 15 is 0 Å². The number of ether oxygens (including phenoxy) is 3. The van der Waals surface area contributed by atoms with Gasteiger partial charge in [0.2, 0.25) is 11.6 Å². The first-order chi connectivity index (χ1) is 23.2. The molecule has 0 aliphatic carbocycles. The van der Waals surface area contributed by atoms with Crippen molar-refractivity contribution in [2.24, 2.45) is 5.92 Å². The summed E-state index contributed by atoms with van der Waals surface area (Å²) in [6.07, 6.45) is 20.2. The number of carbonyl (C=O) groups excluding carboxylic acids is 2. The van der Waals surface area contributed by atoms with Gasteiger partial charge in [-0.3, -0.25) is 14.2 Å². The van der Waals surface area contributed by atoms with Crippen LogP contribution in [0.1, 0.15) is 143 Å². The summed E-state index contributed by atoms with van der Waals surface area (Å²) in [4.78, 5) is 28.8. The van der Waals surface area contributed by atoms with Crippen LogP contribution in [0, 0.1) is 5.92 Å². The molecular weight excluding hydrogens is 608 g/mol. The number of carbonyl (C=O) groups is 2. The molecule has 48 heavy (non-hydrogen) atoms. The van der Waals surface area contributed by atoms with E-state index in [1.807, 2.05) is 4.90 Å². The van der Waals surface area contributed by atoms with Gasteiger partial charge in [-0.15, -0.1) is 0 Å². The first-order valence-corrected chi connectivity index (χ1v) is 19.6. The molecule has 5 heterocycles. The fourth-order valence-electron chi connectivity index (χ4n) is 8.89. The number of amides is 1. The number of hydrogen-bond acceptors (Lipinski definition) is 8. The molecule has 0 unspecified atom stereocenters. The fourth-order valence-corrected chi connectivity index (χ4v) is 8.89. The van der Waals surface area contributed by atoms with Crippen molar-refractivity contribution in [3.05, 3.63) is 12.2 Å². The van der Waals surface area contributed by atoms with E-state index in [4.69, 9.17) is 14.2 Å². The third-order valence-electron chi connectivity index (χ3n) is 11.3. The van der Waals surface area contributed by atoms with Gasteiger partial charge in [-0.25, -0.2) is 10.6 Å². The van der Waals surface area contributed by atoms with Crippen LogP contribution in [0.3, 0.4) is 0 Å². The lowest BCUT2D eigenvalue weighted by atomic mass is 9.80. The number of allylic oxidation sites excluding steroid dienone is 1. The van der Waals surface area contributed by atoms with E-state index in [2.05, 4.69) is 55.1 Å². The topological polar surface area (TPSA) is 112 Å². The second-order valence-electron chi connectivity index (χ2n) is 15.2. The van der Waals surface area contributed by atoms with E-state index in [1.54, 1.807) is 0 Å². The molecule has 5 aliphatic heterocycles. The van der Waals surface area contributed by atoms with Gasteiger partial charge in [0.05, 0.1) is 37.0 Å². The lowest BCUT2D eigenvalue weighted by Crippen LogP contribution is -2.76. The maximum atomic E-state index is 14.0. The summed E-state index contributed by atoms with van der Waals surface area (Å²) in [5, 5.41) is 17.9. The molecular formula is C38H65N4O6+. The Balaban J connectivity index is 1.16. The van der Waals surface area contributed by atoms with Crippen molar-refractivity contribution in [2.75, 3.05) is 19.7 Å². The van der Waals surface area contributed by atoms with Crippen molar-refractivity contribution in [2.45, 2.75) is 185 Å². The van der Waals surface area contributed by atoms with Crippen LogP contribution in [0.25, 0.3) is 0 Å². The summed E-state index contributed by atoms with van der Waals surface area (Å²) >= 11 is 0. The van der Waals surface area contributed by atoms with Crippen molar-refractivity contribution in [1.82, 2.24) is 15.5 Å². The molecule has 10 heteroatoms. The zero-order valence-electron chi connectivity index (χ0n) is 30.4. The average Bonchev–Trinajstić information content (AvgIpc) is 3.36. The molecule has 272 valence electrons. The van der Waals surface area contributed by atoms with Gasteiger partial charge >= 0.3 is 11.9 Å². The first-order valence-electron chi connectivity index (χ1n) is 19.6. The maximum absolute atomic E-state index is 14.0. The van der Waals surface area contributed by atoms with Gasteiger partial charge < -0.3 is 24.2 Å². The van der Waals surface area contributed by atoms with Gasteiger partial charge in [-0.1, -0.05) is 58.6 Å². The number of hydrogen-bond donors (Lipinski definition) is 3. The molecule has 1 amide bonds. The molecule has 0 radical (unpaired) electrons. The van der Waals surface area contributed by atoms with Crippen molar-refractivity contribution in [1.29, 1.82) is 0 Å². The highest BCUT2D eigenvalue weighted by Gasteiger charge is 2.64. The Morgan fingerprint density at radius 2 is 1.90 bits per heavy atom. The molecule has 0 aromatic rings. The highest BCUT2D eigenvalue weighted by Crippen LogP contribution is 2.45. The zero-order chi connectivity index (χ0) is 34.1. The Morgan fingerprint density at radius 1 is 1.06 bits per heavy atom. The van der Waals surface area contributed by atoms with Crippen LogP contribution in [0.4, 0.5) is 0 Å². The number of guanidine groups is 1. The molecule has 3 N–H and O–H groups in total. The normalized spacial score (nSPS) is 33.1. The molecule has 2 spiro atoms. The lowest BCUT2D eigenvalue weighted by Gasteiger charge is -2.50. The van der Waals surface area contributed by atoms with Crippen LogP contribution in [0.2, 0.25) is 0 Å². The van der Waals surface area contributed by atoms with E-state index in [1.165, 1.54) is 0 Å². The summed E-state index contributed by atoms with van der Waals surface area (Å²) in [5.74, 6) is 0.541. The third kappa shape index (κ3) is 8.76. The Hall–Kier alpha value is -2.17. The fraction of sp³-hybridized carbons (Fsp3) is 0.868. The average molecular weight is 674 g/mol. The van der Waals surface area contributed by atoms with Crippen LogP contribution >= 0.6 is 0 Å². The highest BCUT2D eigenvalue weighted by molar-refractivity contribution is 5.82. The van der Waals surface area contributed by atoms with Crippen molar-refractivity contribution < 1.29 is 33.5 Å². The van der Waals surface area contributed by atoms with E-state index in [0.717, 1.165) is 115 Å². The SMILES string of the molecule is CCCCN(C[C@@H](O)CCC)C(=O)CCCCCCOC(=O)[C@@H]1[C@@H]2CC[C@H]3C[C@@]4(CCC=C[C@H](CC)O4)NC(=[N+]32)N[C@]12CCC[C@@H](C)O2. The molecule has 0 aromatic heterocycles. The standard InChI is InChI=1S/C38H64N4O6/c1-5-8-24-41(27-30(43)16-6-2)33(44)19-11-9-10-14-25-46-35(45)34-32-21-20-29-26-37(22-13-12-18-31(7-3)48-37)39-36(42(29)32)40-38(34)23-15-17-28(4)47-38/h12,18,28-32,34,43H,5-11,13-17,19-27H2,1-4H3,(H,39,40)/p+1/t28-,29+,30+,31+,32+,34+,37+,38+/m1/s1. The number of esters is 1. The summed E-state index contributed by atoms with van der Waals surface area (Å²) < 4.78 is 22.0. The van der Waals surface area contributed by atoms with Gasteiger partial charge in [0.1, 0.15) is 0 Å². The minimum atomic E-state index is -0.798. The molecule has 2 fully saturated rings. The van der Waals surface area contributed by atoms with Gasteiger partial charge in [0.15, 0.2) is 11.6 Å². The second kappa shape index (κ2) is 17.2. The van der Waals surface area contributed by atoms with Gasteiger partial charge in [-0.2, -0.15) is 0 Å². The van der Waals surface area contributed by atoms with Crippen molar-refractivity contribution >= 4 is 17.8 Å². The number of unbranched alkanes of at least 4 members (excludes halogenated alkanes) is 4. The number of aliphatic hydroxyl groups excluding tert-OH is 1. The molecule has 2 saturated heterocycles. The van der Waals surface area contributed by atoms with Crippen LogP contribution in [0.15, 0.2) is 12.2 Å². The number of nitrogens with one attached hydrogen (secondary N) is 2. The van der Waals surface area contributed by atoms with E-state index in [9.17, 15) is 14.7 Å². The van der Waals surface area contributed by atoms with Crippen LogP contribution < -0.4 is 10.6 Å². The predicted molar refractivity (Wildman–Crippen MR) is 186 cm³/mol. The molecule has 0 aromatic carbocycles. The first kappa shape index (κ1) is 37.1. The van der Waals surface area contributed by atoms with Crippen molar-refractivity contribution in [3.63, 3.8) is 0 Å². The lowest BCUT2D eigenvalue weighted by molar-refractivity contribution is -0.609. The smallest absolute Gasteiger partial charge is 0.350 e. The zero-order valence-corrected chi connectivity index (χ0v) is 30.4. The number of rotatable bonds is 16. The van der Waals surface area contributed by atoms with Crippen LogP contribution in [-0.4, -0.2) is 94.0 Å². The third-order valence-corrected chi connectivity index (χ3v) is 11.3. The monoisotopic (exact) mass is 673 g/mol. The van der Waals surface area contributed by atoms with Crippen LogP contribution in [-0.2, 0) is 23.8 Å². The summed E-state index contributed by atoms with van der Waals surface area (Å²) in [5.41, 5.74) is -1.22. The minimum Gasteiger partial charge on any atom is -0.465 e. The Labute approximate surface area is 289 Å². The van der Waals surface area contributed by atoms with Gasteiger partial charge in [0.25, 0.3) is 0 Å². The number of nitrogens with zero attached hydrogens (tertiary/aromatic N) is 2. The van der Waals surface area contributed by atoms with E-state index in [-0.39, 0.29) is 30.1 Å². The summed E-state index contributed by atoms with van der Waals surface area (Å²) in [7, 11) is 0. The molecule has 10 nitrogen and oxygen atoms in total. The largest absolute Gasteiger partial charge is 0.465 e. The minimum absolute atomic E-state index is 0.0253.